The first kappa shape index (κ1) is 11.6. The third kappa shape index (κ3) is 2.11. The van der Waals surface area contributed by atoms with E-state index in [9.17, 15) is 4.79 Å². The summed E-state index contributed by atoms with van der Waals surface area (Å²) in [5.74, 6) is -0.129. The molecule has 1 aliphatic heterocycles. The number of ether oxygens (including phenoxy) is 1. The number of hydrogen-bond acceptors (Lipinski definition) is 4. The fraction of sp³-hybridized carbons (Fsp3) is 0.364. The van der Waals surface area contributed by atoms with E-state index in [0.717, 1.165) is 17.3 Å². The first-order chi connectivity index (χ1) is 8.74. The third-order valence-electron chi connectivity index (χ3n) is 2.84. The van der Waals surface area contributed by atoms with E-state index in [4.69, 9.17) is 4.74 Å². The van der Waals surface area contributed by atoms with Gasteiger partial charge in [0.15, 0.2) is 5.65 Å². The van der Waals surface area contributed by atoms with Crippen molar-refractivity contribution in [2.24, 2.45) is 0 Å². The molecule has 0 aromatic carbocycles. The van der Waals surface area contributed by atoms with Crippen LogP contribution in [-0.4, -0.2) is 33.2 Å². The number of carbonyl (C=O) groups is 1. The highest BCUT2D eigenvalue weighted by Gasteiger charge is 2.24. The predicted octanol–water partition coefficient (Wildman–Crippen LogP) is 1.61. The van der Waals surface area contributed by atoms with Crippen LogP contribution in [0.1, 0.15) is 12.8 Å². The van der Waals surface area contributed by atoms with E-state index >= 15 is 0 Å². The third-order valence-corrected chi connectivity index (χ3v) is 3.27. The van der Waals surface area contributed by atoms with Crippen LogP contribution in [0.15, 0.2) is 23.1 Å². The molecule has 6 nitrogen and oxygen atoms in total. The van der Waals surface area contributed by atoms with Crippen LogP contribution < -0.4 is 5.32 Å². The van der Waals surface area contributed by atoms with Crippen molar-refractivity contribution in [3.8, 4) is 0 Å². The minimum atomic E-state index is -0.355. The zero-order chi connectivity index (χ0) is 12.5. The molecule has 0 bridgehead atoms. The molecule has 1 fully saturated rings. The molecule has 2 aromatic rings. The molecule has 0 radical (unpaired) electrons. The average Bonchev–Trinajstić information content (AvgIpc) is 2.98. The van der Waals surface area contributed by atoms with Crippen molar-refractivity contribution < 1.29 is 9.53 Å². The largest absolute Gasteiger partial charge is 0.368 e. The second kappa shape index (κ2) is 4.66. The molecule has 1 aliphatic rings. The van der Waals surface area contributed by atoms with Crippen molar-refractivity contribution in [3.05, 3.63) is 23.1 Å². The van der Waals surface area contributed by atoms with Gasteiger partial charge in [0.1, 0.15) is 12.4 Å². The van der Waals surface area contributed by atoms with Gasteiger partial charge in [-0.3, -0.25) is 9.20 Å². The maximum atomic E-state index is 12.0. The Morgan fingerprint density at radius 1 is 1.61 bits per heavy atom. The number of fused-ring (bicyclic) bond motifs is 1. The summed E-state index contributed by atoms with van der Waals surface area (Å²) in [6, 6.07) is 1.80. The Kier molecular flexibility index (Phi) is 3.00. The first-order valence-electron chi connectivity index (χ1n) is 5.65. The summed E-state index contributed by atoms with van der Waals surface area (Å²) in [5.41, 5.74) is 1.24. The van der Waals surface area contributed by atoms with E-state index in [1.807, 2.05) is 6.20 Å². The zero-order valence-electron chi connectivity index (χ0n) is 9.47. The fourth-order valence-corrected chi connectivity index (χ4v) is 2.44. The molecule has 1 amide bonds. The van der Waals surface area contributed by atoms with Crippen LogP contribution in [0.2, 0.25) is 0 Å². The molecule has 3 heterocycles. The molecule has 18 heavy (non-hydrogen) atoms. The Morgan fingerprint density at radius 3 is 3.28 bits per heavy atom. The van der Waals surface area contributed by atoms with E-state index in [0.29, 0.717) is 17.9 Å². The van der Waals surface area contributed by atoms with Crippen molar-refractivity contribution in [3.63, 3.8) is 0 Å². The summed E-state index contributed by atoms with van der Waals surface area (Å²) >= 11 is 3.38. The number of carbonyl (C=O) groups excluding carboxylic acids is 1. The van der Waals surface area contributed by atoms with E-state index in [-0.39, 0.29) is 12.0 Å². The number of halogens is 1. The Balaban J connectivity index is 1.89. The molecule has 0 saturated carbocycles. The van der Waals surface area contributed by atoms with Gasteiger partial charge >= 0.3 is 0 Å². The molecule has 94 valence electrons. The van der Waals surface area contributed by atoms with Crippen molar-refractivity contribution in [2.75, 3.05) is 11.9 Å². The van der Waals surface area contributed by atoms with Gasteiger partial charge in [-0.2, -0.15) is 0 Å². The summed E-state index contributed by atoms with van der Waals surface area (Å²) in [6.45, 7) is 0.650. The molecule has 3 rings (SSSR count). The van der Waals surface area contributed by atoms with Crippen LogP contribution in [0.5, 0.6) is 0 Å². The minimum Gasteiger partial charge on any atom is -0.368 e. The van der Waals surface area contributed by atoms with Crippen LogP contribution in [0.25, 0.3) is 5.65 Å². The van der Waals surface area contributed by atoms with Crippen molar-refractivity contribution >= 4 is 33.2 Å². The number of hydrogen-bond donors (Lipinski definition) is 1. The van der Waals surface area contributed by atoms with Crippen LogP contribution in [0.3, 0.4) is 0 Å². The summed E-state index contributed by atoms with van der Waals surface area (Å²) < 4.78 is 7.93. The number of pyridine rings is 1. The highest BCUT2D eigenvalue weighted by Crippen LogP contribution is 2.22. The standard InChI is InChI=1S/C11H11BrN4O2/c12-7-4-8(10-15-13-6-16(10)5-7)14-11(17)9-2-1-3-18-9/h4-6,9H,1-3H2,(H,14,17). The van der Waals surface area contributed by atoms with Gasteiger partial charge in [-0.1, -0.05) is 0 Å². The molecule has 1 unspecified atom stereocenters. The van der Waals surface area contributed by atoms with E-state index < -0.39 is 0 Å². The number of rotatable bonds is 2. The maximum absolute atomic E-state index is 12.0. The average molecular weight is 311 g/mol. The lowest BCUT2D eigenvalue weighted by molar-refractivity contribution is -0.124. The van der Waals surface area contributed by atoms with Crippen molar-refractivity contribution in [1.82, 2.24) is 14.6 Å². The second-order valence-corrected chi connectivity index (χ2v) is 5.04. The quantitative estimate of drug-likeness (QED) is 0.915. The van der Waals surface area contributed by atoms with Gasteiger partial charge in [-0.15, -0.1) is 10.2 Å². The van der Waals surface area contributed by atoms with Gasteiger partial charge < -0.3 is 10.1 Å². The van der Waals surface area contributed by atoms with Crippen molar-refractivity contribution in [2.45, 2.75) is 18.9 Å². The lowest BCUT2D eigenvalue weighted by Gasteiger charge is -2.11. The molecule has 0 spiro atoms. The smallest absolute Gasteiger partial charge is 0.253 e. The number of anilines is 1. The molecule has 7 heteroatoms. The Bertz CT molecular complexity index is 592. The van der Waals surface area contributed by atoms with Gasteiger partial charge in [-0.05, 0) is 34.8 Å². The predicted molar refractivity (Wildman–Crippen MR) is 68.3 cm³/mol. The molecule has 2 aromatic heterocycles. The topological polar surface area (TPSA) is 68.5 Å². The van der Waals surface area contributed by atoms with E-state index in [1.54, 1.807) is 16.8 Å². The fourth-order valence-electron chi connectivity index (χ4n) is 1.99. The molecule has 1 saturated heterocycles. The number of nitrogens with one attached hydrogen (secondary N) is 1. The summed E-state index contributed by atoms with van der Waals surface area (Å²) in [5, 5.41) is 10.6. The zero-order valence-corrected chi connectivity index (χ0v) is 11.1. The van der Waals surface area contributed by atoms with Gasteiger partial charge in [0.2, 0.25) is 0 Å². The van der Waals surface area contributed by atoms with E-state index in [2.05, 4.69) is 31.4 Å². The van der Waals surface area contributed by atoms with Crippen molar-refractivity contribution in [1.29, 1.82) is 0 Å². The van der Waals surface area contributed by atoms with Gasteiger partial charge in [0, 0.05) is 17.3 Å². The van der Waals surface area contributed by atoms with E-state index in [1.165, 1.54) is 0 Å². The van der Waals surface area contributed by atoms with Gasteiger partial charge in [-0.25, -0.2) is 0 Å². The second-order valence-electron chi connectivity index (χ2n) is 4.12. The van der Waals surface area contributed by atoms with Crippen LogP contribution >= 0.6 is 15.9 Å². The van der Waals surface area contributed by atoms with Gasteiger partial charge in [0.05, 0.1) is 5.69 Å². The molecular formula is C11H11BrN4O2. The molecule has 1 N–H and O–H groups in total. The normalized spacial score (nSPS) is 19.3. The summed E-state index contributed by atoms with van der Waals surface area (Å²) in [4.78, 5) is 12.0. The van der Waals surface area contributed by atoms with Crippen LogP contribution in [0.4, 0.5) is 5.69 Å². The highest BCUT2D eigenvalue weighted by atomic mass is 79.9. The lowest BCUT2D eigenvalue weighted by atomic mass is 10.2. The summed E-state index contributed by atoms with van der Waals surface area (Å²) in [6.07, 6.45) is 4.76. The SMILES string of the molecule is O=C(Nc1cc(Br)cn2cnnc12)C1CCCO1. The van der Waals surface area contributed by atoms with Crippen LogP contribution in [-0.2, 0) is 9.53 Å². The first-order valence-corrected chi connectivity index (χ1v) is 6.45. The number of amides is 1. The van der Waals surface area contributed by atoms with Crippen LogP contribution in [0, 0.1) is 0 Å². The number of aromatic nitrogens is 3. The van der Waals surface area contributed by atoms with Gasteiger partial charge in [0.25, 0.3) is 5.91 Å². The molecule has 1 atom stereocenters. The highest BCUT2D eigenvalue weighted by molar-refractivity contribution is 9.10. The Labute approximate surface area is 111 Å². The molecule has 0 aliphatic carbocycles. The Hall–Kier alpha value is -1.47. The minimum absolute atomic E-state index is 0.129. The number of nitrogens with zero attached hydrogens (tertiary/aromatic N) is 3. The monoisotopic (exact) mass is 310 g/mol. The molecular weight excluding hydrogens is 300 g/mol. The maximum Gasteiger partial charge on any atom is 0.253 e. The summed E-state index contributed by atoms with van der Waals surface area (Å²) in [7, 11) is 0. The Morgan fingerprint density at radius 2 is 2.50 bits per heavy atom. The lowest BCUT2D eigenvalue weighted by Crippen LogP contribution is -2.27.